The number of aliphatic carboxylic acids is 1. The first kappa shape index (κ1) is 14.3. The Balaban J connectivity index is 2.05. The number of thiophene rings is 1. The Morgan fingerprint density at radius 2 is 1.86 bits per heavy atom. The van der Waals surface area contributed by atoms with Gasteiger partial charge in [0.25, 0.3) is 0 Å². The van der Waals surface area contributed by atoms with E-state index in [0.29, 0.717) is 10.4 Å². The van der Waals surface area contributed by atoms with Gasteiger partial charge < -0.3 is 9.52 Å². The highest BCUT2D eigenvalue weighted by Crippen LogP contribution is 2.34. The summed E-state index contributed by atoms with van der Waals surface area (Å²) in [5.41, 5.74) is 1.54. The summed E-state index contributed by atoms with van der Waals surface area (Å²) in [6.07, 6.45) is 1.32. The number of hydrogen-bond donors (Lipinski definition) is 1. The minimum Gasteiger partial charge on any atom is -0.481 e. The molecule has 4 nitrogen and oxygen atoms in total. The highest BCUT2D eigenvalue weighted by atomic mass is 32.1. The lowest BCUT2D eigenvalue weighted by atomic mass is 10.1. The van der Waals surface area contributed by atoms with Crippen LogP contribution in [-0.2, 0) is 11.2 Å². The van der Waals surface area contributed by atoms with Crippen LogP contribution >= 0.6 is 11.3 Å². The molecule has 1 N–H and O–H groups in total. The summed E-state index contributed by atoms with van der Waals surface area (Å²) < 4.78 is 5.13. The Bertz CT molecular complexity index is 801. The van der Waals surface area contributed by atoms with Crippen molar-refractivity contribution in [3.63, 3.8) is 0 Å². The third-order valence-electron chi connectivity index (χ3n) is 3.16. The number of carboxylic acids is 1. The van der Waals surface area contributed by atoms with Gasteiger partial charge >= 0.3 is 5.97 Å². The van der Waals surface area contributed by atoms with Crippen LogP contribution in [0.15, 0.2) is 59.2 Å². The molecule has 22 heavy (non-hydrogen) atoms. The first-order chi connectivity index (χ1) is 10.6. The van der Waals surface area contributed by atoms with Crippen LogP contribution in [0, 0.1) is 0 Å². The molecule has 0 saturated heterocycles. The maximum absolute atomic E-state index is 12.4. The summed E-state index contributed by atoms with van der Waals surface area (Å²) in [6.45, 7) is 0. The van der Waals surface area contributed by atoms with E-state index in [1.54, 1.807) is 18.2 Å². The fraction of sp³-hybridized carbons (Fsp3) is 0.0588. The zero-order valence-electron chi connectivity index (χ0n) is 11.5. The summed E-state index contributed by atoms with van der Waals surface area (Å²) in [6, 6.07) is 14.4. The number of carboxylic acid groups (broad SMARTS) is 1. The smallest absolute Gasteiger partial charge is 0.307 e. The van der Waals surface area contributed by atoms with E-state index in [4.69, 9.17) is 9.52 Å². The van der Waals surface area contributed by atoms with Crippen LogP contribution in [0.4, 0.5) is 0 Å². The Kier molecular flexibility index (Phi) is 3.89. The SMILES string of the molecule is O=C(O)Cc1cc(C(=O)c2ccco2)sc1-c1ccccc1. The number of carbonyl (C=O) groups is 2. The van der Waals surface area contributed by atoms with Crippen molar-refractivity contribution in [3.05, 3.63) is 71.0 Å². The van der Waals surface area contributed by atoms with E-state index in [1.165, 1.54) is 17.6 Å². The lowest BCUT2D eigenvalue weighted by molar-refractivity contribution is -0.136. The second kappa shape index (κ2) is 5.99. The molecule has 1 aromatic carbocycles. The summed E-state index contributed by atoms with van der Waals surface area (Å²) in [5.74, 6) is -0.904. The topological polar surface area (TPSA) is 67.5 Å². The summed E-state index contributed by atoms with van der Waals surface area (Å²) in [5, 5.41) is 9.07. The van der Waals surface area contributed by atoms with Crippen molar-refractivity contribution >= 4 is 23.1 Å². The van der Waals surface area contributed by atoms with Gasteiger partial charge in [-0.1, -0.05) is 30.3 Å². The highest BCUT2D eigenvalue weighted by molar-refractivity contribution is 7.17. The van der Waals surface area contributed by atoms with Crippen molar-refractivity contribution in [2.24, 2.45) is 0 Å². The van der Waals surface area contributed by atoms with Crippen molar-refractivity contribution in [2.75, 3.05) is 0 Å². The second-order valence-electron chi connectivity index (χ2n) is 4.71. The summed E-state index contributed by atoms with van der Waals surface area (Å²) >= 11 is 1.29. The number of furan rings is 1. The van der Waals surface area contributed by atoms with Gasteiger partial charge in [-0.3, -0.25) is 9.59 Å². The molecule has 5 heteroatoms. The van der Waals surface area contributed by atoms with Crippen molar-refractivity contribution in [3.8, 4) is 10.4 Å². The molecule has 110 valence electrons. The predicted molar refractivity (Wildman–Crippen MR) is 83.2 cm³/mol. The largest absolute Gasteiger partial charge is 0.481 e. The first-order valence-corrected chi connectivity index (χ1v) is 7.45. The van der Waals surface area contributed by atoms with E-state index in [9.17, 15) is 9.59 Å². The molecule has 0 bridgehead atoms. The van der Waals surface area contributed by atoms with E-state index >= 15 is 0 Å². The minimum atomic E-state index is -0.924. The second-order valence-corrected chi connectivity index (χ2v) is 5.76. The molecule has 0 amide bonds. The normalized spacial score (nSPS) is 10.5. The number of rotatable bonds is 5. The highest BCUT2D eigenvalue weighted by Gasteiger charge is 2.20. The predicted octanol–water partition coefficient (Wildman–Crippen LogP) is 3.87. The van der Waals surface area contributed by atoms with E-state index in [1.807, 2.05) is 30.3 Å². The molecule has 0 aliphatic rings. The lowest BCUT2D eigenvalue weighted by Gasteiger charge is -2.00. The van der Waals surface area contributed by atoms with Gasteiger partial charge in [0.1, 0.15) is 0 Å². The zero-order valence-corrected chi connectivity index (χ0v) is 12.3. The molecule has 0 aliphatic heterocycles. The molecule has 0 fully saturated rings. The molecule has 3 rings (SSSR count). The standard InChI is InChI=1S/C17H12O4S/c18-15(19)10-12-9-14(16(20)13-7-4-8-21-13)22-17(12)11-5-2-1-3-6-11/h1-9H,10H2,(H,18,19). The van der Waals surface area contributed by atoms with Gasteiger partial charge in [-0.05, 0) is 29.3 Å². The summed E-state index contributed by atoms with van der Waals surface area (Å²) in [4.78, 5) is 24.7. The van der Waals surface area contributed by atoms with Crippen LogP contribution in [0.2, 0.25) is 0 Å². The third kappa shape index (κ3) is 2.84. The maximum Gasteiger partial charge on any atom is 0.307 e. The molecule has 0 unspecified atom stereocenters. The Morgan fingerprint density at radius 3 is 2.50 bits per heavy atom. The van der Waals surface area contributed by atoms with Crippen molar-refractivity contribution in [1.82, 2.24) is 0 Å². The van der Waals surface area contributed by atoms with E-state index in [0.717, 1.165) is 10.4 Å². The van der Waals surface area contributed by atoms with E-state index in [-0.39, 0.29) is 18.0 Å². The van der Waals surface area contributed by atoms with Crippen molar-refractivity contribution in [1.29, 1.82) is 0 Å². The molecule has 2 heterocycles. The van der Waals surface area contributed by atoms with Crippen LogP contribution in [0.3, 0.4) is 0 Å². The molecule has 0 radical (unpaired) electrons. The molecule has 3 aromatic rings. The lowest BCUT2D eigenvalue weighted by Crippen LogP contribution is -2.00. The van der Waals surface area contributed by atoms with E-state index in [2.05, 4.69) is 0 Å². The molecule has 2 aromatic heterocycles. The third-order valence-corrected chi connectivity index (χ3v) is 4.38. The average molecular weight is 312 g/mol. The molecule has 0 saturated carbocycles. The Hall–Kier alpha value is -2.66. The van der Waals surface area contributed by atoms with Crippen molar-refractivity contribution < 1.29 is 19.1 Å². The molecular formula is C17H12O4S. The number of ketones is 1. The van der Waals surface area contributed by atoms with Gasteiger partial charge in [0, 0.05) is 4.88 Å². The van der Waals surface area contributed by atoms with Gasteiger partial charge in [0.2, 0.25) is 5.78 Å². The minimum absolute atomic E-state index is 0.119. The molecule has 0 atom stereocenters. The average Bonchev–Trinajstić information content (AvgIpc) is 3.16. The number of carbonyl (C=O) groups excluding carboxylic acids is 1. The van der Waals surface area contributed by atoms with Gasteiger partial charge in [-0.15, -0.1) is 11.3 Å². The molecule has 0 spiro atoms. The molecule has 0 aliphatic carbocycles. The van der Waals surface area contributed by atoms with Gasteiger partial charge in [0.05, 0.1) is 17.6 Å². The zero-order chi connectivity index (χ0) is 15.5. The quantitative estimate of drug-likeness (QED) is 0.726. The monoisotopic (exact) mass is 312 g/mol. The van der Waals surface area contributed by atoms with Crippen molar-refractivity contribution in [2.45, 2.75) is 6.42 Å². The Labute approximate surface area is 130 Å². The first-order valence-electron chi connectivity index (χ1n) is 6.63. The van der Waals surface area contributed by atoms with Crippen LogP contribution < -0.4 is 0 Å². The van der Waals surface area contributed by atoms with Crippen LogP contribution in [0.25, 0.3) is 10.4 Å². The fourth-order valence-electron chi connectivity index (χ4n) is 2.20. The molecular weight excluding hydrogens is 300 g/mol. The van der Waals surface area contributed by atoms with Gasteiger partial charge in [-0.25, -0.2) is 0 Å². The summed E-state index contributed by atoms with van der Waals surface area (Å²) in [7, 11) is 0. The van der Waals surface area contributed by atoms with Gasteiger partial charge in [0.15, 0.2) is 5.76 Å². The van der Waals surface area contributed by atoms with Crippen LogP contribution in [0.1, 0.15) is 21.0 Å². The maximum atomic E-state index is 12.4. The number of benzene rings is 1. The van der Waals surface area contributed by atoms with Crippen LogP contribution in [-0.4, -0.2) is 16.9 Å². The van der Waals surface area contributed by atoms with E-state index < -0.39 is 5.97 Å². The van der Waals surface area contributed by atoms with Gasteiger partial charge in [-0.2, -0.15) is 0 Å². The fourth-order valence-corrected chi connectivity index (χ4v) is 3.33. The number of hydrogen-bond acceptors (Lipinski definition) is 4. The van der Waals surface area contributed by atoms with Crippen LogP contribution in [0.5, 0.6) is 0 Å². The Morgan fingerprint density at radius 1 is 1.09 bits per heavy atom.